The molecule has 3 aliphatic rings. The van der Waals surface area contributed by atoms with E-state index in [0.717, 1.165) is 28.8 Å². The van der Waals surface area contributed by atoms with Crippen LogP contribution in [0.2, 0.25) is 5.02 Å². The lowest BCUT2D eigenvalue weighted by Gasteiger charge is -2.33. The fourth-order valence-electron chi connectivity index (χ4n) is 5.35. The van der Waals surface area contributed by atoms with Gasteiger partial charge in [0.2, 0.25) is 16.0 Å². The van der Waals surface area contributed by atoms with Gasteiger partial charge in [0, 0.05) is 53.3 Å². The largest absolute Gasteiger partial charge is 0.335 e. The van der Waals surface area contributed by atoms with Gasteiger partial charge in [-0.2, -0.15) is 14.4 Å². The molecule has 3 fully saturated rings. The van der Waals surface area contributed by atoms with Crippen LogP contribution >= 0.6 is 11.6 Å². The van der Waals surface area contributed by atoms with E-state index in [2.05, 4.69) is 20.4 Å². The van der Waals surface area contributed by atoms with Crippen LogP contribution in [0.1, 0.15) is 30.9 Å². The van der Waals surface area contributed by atoms with Crippen molar-refractivity contribution in [3.63, 3.8) is 0 Å². The molecule has 4 aromatic rings. The highest BCUT2D eigenvalue weighted by Gasteiger charge is 2.49. The van der Waals surface area contributed by atoms with Crippen molar-refractivity contribution in [2.75, 3.05) is 23.3 Å². The molecule has 11 heteroatoms. The molecule has 184 valence electrons. The van der Waals surface area contributed by atoms with Gasteiger partial charge in [-0.15, -0.1) is 0 Å². The minimum absolute atomic E-state index is 0.00447. The molecular weight excluding hydrogens is 498 g/mol. The van der Waals surface area contributed by atoms with Crippen molar-refractivity contribution in [1.29, 1.82) is 0 Å². The first-order chi connectivity index (χ1) is 17.5. The van der Waals surface area contributed by atoms with E-state index in [0.29, 0.717) is 35.8 Å². The van der Waals surface area contributed by atoms with Gasteiger partial charge >= 0.3 is 0 Å². The lowest BCUT2D eigenvalue weighted by molar-refractivity contribution is 0.367. The van der Waals surface area contributed by atoms with Crippen molar-refractivity contribution in [3.05, 3.63) is 65.3 Å². The smallest absolute Gasteiger partial charge is 0.243 e. The quantitative estimate of drug-likeness (QED) is 0.390. The van der Waals surface area contributed by atoms with Crippen LogP contribution in [0.4, 0.5) is 17.6 Å². The lowest BCUT2D eigenvalue weighted by Crippen LogP contribution is -2.49. The number of H-pyrrole nitrogens is 1. The Balaban J connectivity index is 1.18. The van der Waals surface area contributed by atoms with Gasteiger partial charge in [0.05, 0.1) is 10.4 Å². The molecule has 0 spiro atoms. The third kappa shape index (κ3) is 3.71. The van der Waals surface area contributed by atoms with Crippen molar-refractivity contribution >= 4 is 50.1 Å². The van der Waals surface area contributed by atoms with Crippen molar-refractivity contribution in [2.45, 2.75) is 42.2 Å². The molecule has 0 amide bonds. The fraction of sp³-hybridized carbons (Fsp3) is 0.320. The Bertz CT molecular complexity index is 1590. The van der Waals surface area contributed by atoms with E-state index in [1.807, 2.05) is 30.3 Å². The van der Waals surface area contributed by atoms with Gasteiger partial charge in [-0.05, 0) is 49.6 Å². The van der Waals surface area contributed by atoms with E-state index < -0.39 is 10.0 Å². The van der Waals surface area contributed by atoms with E-state index in [1.54, 1.807) is 22.5 Å². The molecule has 2 unspecified atom stereocenters. The predicted molar refractivity (Wildman–Crippen MR) is 138 cm³/mol. The first kappa shape index (κ1) is 22.0. The van der Waals surface area contributed by atoms with Gasteiger partial charge in [0.25, 0.3) is 0 Å². The third-order valence-electron chi connectivity index (χ3n) is 7.30. The van der Waals surface area contributed by atoms with E-state index >= 15 is 0 Å². The summed E-state index contributed by atoms with van der Waals surface area (Å²) in [4.78, 5) is 12.1. The molecule has 2 saturated heterocycles. The summed E-state index contributed by atoms with van der Waals surface area (Å²) < 4.78 is 28.2. The van der Waals surface area contributed by atoms with Crippen molar-refractivity contribution < 1.29 is 8.42 Å². The van der Waals surface area contributed by atoms with Crippen LogP contribution < -0.4 is 10.2 Å². The molecule has 2 N–H and O–H groups in total. The van der Waals surface area contributed by atoms with E-state index in [1.165, 1.54) is 18.9 Å². The number of para-hydroxylation sites is 1. The summed E-state index contributed by atoms with van der Waals surface area (Å²) in [6.45, 7) is 0.930. The molecule has 2 aliphatic heterocycles. The highest BCUT2D eigenvalue weighted by Crippen LogP contribution is 2.40. The lowest BCUT2D eigenvalue weighted by atomic mass is 10.2. The van der Waals surface area contributed by atoms with Crippen LogP contribution in [0.25, 0.3) is 10.9 Å². The summed E-state index contributed by atoms with van der Waals surface area (Å²) in [5.74, 6) is 2.60. The number of rotatable bonds is 6. The van der Waals surface area contributed by atoms with Gasteiger partial charge < -0.3 is 10.2 Å². The molecule has 2 aromatic heterocycles. The number of piperazine rings is 1. The molecule has 0 radical (unpaired) electrons. The number of halogens is 1. The summed E-state index contributed by atoms with van der Waals surface area (Å²) in [7, 11) is -3.62. The molecular formula is C25H24ClN7O2S. The number of hydrogen-bond donors (Lipinski definition) is 2. The first-order valence-electron chi connectivity index (χ1n) is 12.1. The monoisotopic (exact) mass is 521 g/mol. The Hall–Kier alpha value is -3.21. The van der Waals surface area contributed by atoms with E-state index in [-0.39, 0.29) is 17.0 Å². The normalized spacial score (nSPS) is 22.0. The third-order valence-corrected chi connectivity index (χ3v) is 9.45. The maximum Gasteiger partial charge on any atom is 0.243 e. The van der Waals surface area contributed by atoms with Crippen LogP contribution in [-0.4, -0.2) is 58.1 Å². The molecule has 2 bridgehead atoms. The molecule has 2 atom stereocenters. The number of nitrogens with zero attached hydrogens (tertiary/aromatic N) is 5. The number of hydrogen-bond acceptors (Lipinski definition) is 7. The summed E-state index contributed by atoms with van der Waals surface area (Å²) in [6.07, 6.45) is 3.14. The zero-order valence-corrected chi connectivity index (χ0v) is 20.9. The van der Waals surface area contributed by atoms with Gasteiger partial charge in [-0.1, -0.05) is 29.8 Å². The summed E-state index contributed by atoms with van der Waals surface area (Å²) in [6, 6.07) is 16.2. The summed E-state index contributed by atoms with van der Waals surface area (Å²) in [5.41, 5.74) is 1.98. The number of nitrogens with one attached hydrogen (secondary N) is 2. The Morgan fingerprint density at radius 2 is 1.86 bits per heavy atom. The number of benzene rings is 2. The van der Waals surface area contributed by atoms with E-state index in [9.17, 15) is 8.42 Å². The molecule has 36 heavy (non-hydrogen) atoms. The molecule has 1 aliphatic carbocycles. The number of fused-ring (bicyclic) bond motifs is 3. The Morgan fingerprint density at radius 3 is 2.64 bits per heavy atom. The number of sulfonamides is 1. The zero-order valence-electron chi connectivity index (χ0n) is 19.3. The van der Waals surface area contributed by atoms with Crippen LogP contribution in [0, 0.1) is 0 Å². The SMILES string of the molecule is O=S(=O)(c1cccc(Cl)c1)N1CC2CC1CN2c1nc(Nc2cc(C3CC3)[nH]n2)c2ccccc2n1. The van der Waals surface area contributed by atoms with Crippen LogP contribution in [0.5, 0.6) is 0 Å². The van der Waals surface area contributed by atoms with Crippen molar-refractivity contribution in [2.24, 2.45) is 0 Å². The number of aromatic nitrogens is 4. The molecule has 7 rings (SSSR count). The minimum atomic E-state index is -3.62. The fourth-order valence-corrected chi connectivity index (χ4v) is 7.31. The Morgan fingerprint density at radius 1 is 1.00 bits per heavy atom. The van der Waals surface area contributed by atoms with Gasteiger partial charge in [-0.25, -0.2) is 13.4 Å². The van der Waals surface area contributed by atoms with Crippen molar-refractivity contribution in [1.82, 2.24) is 24.5 Å². The highest BCUT2D eigenvalue weighted by atomic mass is 35.5. The van der Waals surface area contributed by atoms with E-state index in [4.69, 9.17) is 21.6 Å². The van der Waals surface area contributed by atoms with Crippen LogP contribution in [0.15, 0.2) is 59.5 Å². The number of aromatic amines is 1. The maximum absolute atomic E-state index is 13.3. The highest BCUT2D eigenvalue weighted by molar-refractivity contribution is 7.89. The summed E-state index contributed by atoms with van der Waals surface area (Å²) >= 11 is 6.06. The zero-order chi connectivity index (χ0) is 24.4. The topological polar surface area (TPSA) is 107 Å². The molecule has 2 aromatic carbocycles. The Labute approximate surface area is 213 Å². The standard InChI is InChI=1S/C25H24ClN7O2S/c26-16-4-3-5-19(10-16)36(34,35)33-14-17-11-18(33)13-32(17)25-27-21-7-2-1-6-20(21)24(29-25)28-23-12-22(30-31-23)15-8-9-15/h1-7,10,12,15,17-18H,8-9,11,13-14H2,(H2,27,28,29,30,31). The molecule has 4 heterocycles. The average Bonchev–Trinajstić information content (AvgIpc) is 3.28. The van der Waals surface area contributed by atoms with Crippen molar-refractivity contribution in [3.8, 4) is 0 Å². The second-order valence-electron chi connectivity index (χ2n) is 9.72. The second kappa shape index (κ2) is 8.16. The predicted octanol–water partition coefficient (Wildman–Crippen LogP) is 4.28. The molecule has 1 saturated carbocycles. The number of anilines is 3. The molecule has 9 nitrogen and oxygen atoms in total. The second-order valence-corrected chi connectivity index (χ2v) is 12.1. The minimum Gasteiger partial charge on any atom is -0.335 e. The van der Waals surface area contributed by atoms with Crippen LogP contribution in [-0.2, 0) is 10.0 Å². The Kier molecular flexibility index (Phi) is 4.99. The summed E-state index contributed by atoms with van der Waals surface area (Å²) in [5, 5.41) is 12.2. The van der Waals surface area contributed by atoms with Gasteiger partial charge in [-0.3, -0.25) is 5.10 Å². The first-order valence-corrected chi connectivity index (χ1v) is 13.9. The maximum atomic E-state index is 13.3. The van der Waals surface area contributed by atoms with Gasteiger partial charge in [0.15, 0.2) is 5.82 Å². The average molecular weight is 522 g/mol. The van der Waals surface area contributed by atoms with Crippen LogP contribution in [0.3, 0.4) is 0 Å². The van der Waals surface area contributed by atoms with Gasteiger partial charge in [0.1, 0.15) is 5.82 Å².